The molecule has 60 valence electrons. The molecule has 0 aromatic carbocycles. The van der Waals surface area contributed by atoms with Gasteiger partial charge in [0, 0.05) is 23.9 Å². The Balaban J connectivity index is 3.39. The van der Waals surface area contributed by atoms with E-state index in [1.54, 1.807) is 0 Å². The Morgan fingerprint density at radius 1 is 1.73 bits per heavy atom. The van der Waals surface area contributed by atoms with E-state index in [4.69, 9.17) is 6.42 Å². The highest BCUT2D eigenvalue weighted by Gasteiger charge is 1.97. The van der Waals surface area contributed by atoms with Crippen molar-refractivity contribution in [2.24, 2.45) is 0 Å². The zero-order chi connectivity index (χ0) is 8.69. The lowest BCUT2D eigenvalue weighted by molar-refractivity contribution is -0.120. The number of carbonyl (C=O) groups is 1. The Kier molecular flexibility index (Phi) is 5.58. The largest absolute Gasteiger partial charge is 0.351 e. The van der Waals surface area contributed by atoms with Gasteiger partial charge >= 0.3 is 0 Å². The number of carbonyl (C=O) groups excluding carboxylic acids is 1. The van der Waals surface area contributed by atoms with Gasteiger partial charge in [-0.2, -0.15) is 0 Å². The number of halogens is 1. The summed E-state index contributed by atoms with van der Waals surface area (Å²) in [5.74, 6) is 2.35. The minimum Gasteiger partial charge on any atom is -0.351 e. The molecule has 1 N–H and O–H groups in total. The van der Waals surface area contributed by atoms with Gasteiger partial charge in [-0.15, -0.1) is 12.3 Å². The van der Waals surface area contributed by atoms with Gasteiger partial charge in [0.15, 0.2) is 0 Å². The molecule has 0 aromatic heterocycles. The highest BCUT2D eigenvalue weighted by atomic mass is 79.9. The first-order chi connectivity index (χ1) is 5.16. The normalized spacial score (nSPS) is 8.36. The van der Waals surface area contributed by atoms with Crippen molar-refractivity contribution < 1.29 is 4.79 Å². The lowest BCUT2D eigenvalue weighted by atomic mass is 10.3. The van der Waals surface area contributed by atoms with Crippen molar-refractivity contribution in [2.75, 3.05) is 6.54 Å². The molecule has 0 heterocycles. The van der Waals surface area contributed by atoms with Crippen molar-refractivity contribution >= 4 is 21.8 Å². The summed E-state index contributed by atoms with van der Waals surface area (Å²) in [6.07, 6.45) is 5.85. The average Bonchev–Trinajstić information content (AvgIpc) is 1.97. The summed E-state index contributed by atoms with van der Waals surface area (Å²) in [5.41, 5.74) is 0. The molecule has 0 aromatic rings. The fourth-order valence-electron chi connectivity index (χ4n) is 0.469. The first-order valence-corrected chi connectivity index (χ1v) is 3.99. The Labute approximate surface area is 75.2 Å². The number of hydrogen-bond donors (Lipinski definition) is 1. The van der Waals surface area contributed by atoms with Crippen LogP contribution in [0.3, 0.4) is 0 Å². The number of terminal acetylenes is 1. The number of amides is 1. The van der Waals surface area contributed by atoms with E-state index in [0.717, 1.165) is 4.48 Å². The van der Waals surface area contributed by atoms with Gasteiger partial charge in [0.2, 0.25) is 5.91 Å². The van der Waals surface area contributed by atoms with Crippen LogP contribution >= 0.6 is 15.9 Å². The molecule has 0 saturated heterocycles. The van der Waals surface area contributed by atoms with E-state index < -0.39 is 0 Å². The van der Waals surface area contributed by atoms with E-state index >= 15 is 0 Å². The molecular weight excluding hydrogens is 206 g/mol. The van der Waals surface area contributed by atoms with E-state index in [9.17, 15) is 4.79 Å². The third-order valence-corrected chi connectivity index (χ3v) is 1.25. The Morgan fingerprint density at radius 2 is 2.36 bits per heavy atom. The van der Waals surface area contributed by atoms with Crippen LogP contribution in [0.4, 0.5) is 0 Å². The maximum atomic E-state index is 10.8. The molecule has 0 atom stereocenters. The topological polar surface area (TPSA) is 29.1 Å². The fourth-order valence-corrected chi connectivity index (χ4v) is 0.609. The summed E-state index contributed by atoms with van der Waals surface area (Å²) >= 11 is 3.12. The second-order valence-electron chi connectivity index (χ2n) is 2.00. The molecule has 1 amide bonds. The molecule has 0 spiro atoms. The van der Waals surface area contributed by atoms with Gasteiger partial charge in [0.1, 0.15) is 0 Å². The van der Waals surface area contributed by atoms with Crippen LogP contribution in [0.1, 0.15) is 12.8 Å². The average molecular weight is 216 g/mol. The van der Waals surface area contributed by atoms with Crippen LogP contribution in [0.5, 0.6) is 0 Å². The maximum absolute atomic E-state index is 10.8. The Hall–Kier alpha value is -0.750. The van der Waals surface area contributed by atoms with Gasteiger partial charge in [0.05, 0.1) is 0 Å². The molecule has 0 unspecified atom stereocenters. The predicted molar refractivity (Wildman–Crippen MR) is 49.1 cm³/mol. The highest BCUT2D eigenvalue weighted by Crippen LogP contribution is 1.97. The zero-order valence-corrected chi connectivity index (χ0v) is 7.78. The van der Waals surface area contributed by atoms with Crippen molar-refractivity contribution in [3.05, 3.63) is 11.1 Å². The van der Waals surface area contributed by atoms with E-state index in [-0.39, 0.29) is 5.91 Å². The smallest absolute Gasteiger partial charge is 0.221 e. The van der Waals surface area contributed by atoms with Gasteiger partial charge < -0.3 is 5.32 Å². The molecular formula is C8H10BrNO. The third-order valence-electron chi connectivity index (χ3n) is 0.974. The van der Waals surface area contributed by atoms with Crippen LogP contribution in [-0.4, -0.2) is 12.5 Å². The van der Waals surface area contributed by atoms with Crippen molar-refractivity contribution in [2.45, 2.75) is 12.8 Å². The third kappa shape index (κ3) is 7.14. The molecule has 11 heavy (non-hydrogen) atoms. The summed E-state index contributed by atoms with van der Waals surface area (Å²) in [5, 5.41) is 2.64. The van der Waals surface area contributed by atoms with Crippen molar-refractivity contribution in [3.63, 3.8) is 0 Å². The quantitative estimate of drug-likeness (QED) is 0.707. The number of nitrogens with one attached hydrogen (secondary N) is 1. The number of hydrogen-bond acceptors (Lipinski definition) is 1. The maximum Gasteiger partial charge on any atom is 0.221 e. The molecule has 0 saturated carbocycles. The first kappa shape index (κ1) is 10.2. The summed E-state index contributed by atoms with van der Waals surface area (Å²) in [7, 11) is 0. The molecule has 0 radical (unpaired) electrons. The van der Waals surface area contributed by atoms with Gasteiger partial charge in [-0.1, -0.05) is 22.5 Å². The minimum absolute atomic E-state index is 0.0384. The predicted octanol–water partition coefficient (Wildman–Crippen LogP) is 1.42. The van der Waals surface area contributed by atoms with Gasteiger partial charge in [0.25, 0.3) is 0 Å². The standard InChI is InChI=1S/C8H10BrNO/c1-3-4-5-8(11)10-6-7(2)9/h1H,2,4-6H2,(H,10,11). The van der Waals surface area contributed by atoms with E-state index in [0.29, 0.717) is 19.4 Å². The monoisotopic (exact) mass is 215 g/mol. The van der Waals surface area contributed by atoms with E-state index in [2.05, 4.69) is 33.7 Å². The molecule has 0 aliphatic heterocycles. The van der Waals surface area contributed by atoms with Crippen LogP contribution < -0.4 is 5.32 Å². The summed E-state index contributed by atoms with van der Waals surface area (Å²) in [6, 6.07) is 0. The molecule has 0 aliphatic carbocycles. The molecule has 2 nitrogen and oxygen atoms in total. The lowest BCUT2D eigenvalue weighted by Crippen LogP contribution is -2.23. The first-order valence-electron chi connectivity index (χ1n) is 3.20. The number of rotatable bonds is 4. The summed E-state index contributed by atoms with van der Waals surface area (Å²) < 4.78 is 0.756. The lowest BCUT2D eigenvalue weighted by Gasteiger charge is -2.00. The summed E-state index contributed by atoms with van der Waals surface area (Å²) in [4.78, 5) is 10.8. The zero-order valence-electron chi connectivity index (χ0n) is 6.19. The van der Waals surface area contributed by atoms with Gasteiger partial charge in [-0.05, 0) is 0 Å². The molecule has 0 aliphatic rings. The Bertz CT molecular complexity index is 193. The minimum atomic E-state index is -0.0384. The molecule has 3 heteroatoms. The van der Waals surface area contributed by atoms with Crippen LogP contribution in [0.2, 0.25) is 0 Å². The van der Waals surface area contributed by atoms with E-state index in [1.165, 1.54) is 0 Å². The van der Waals surface area contributed by atoms with Crippen molar-refractivity contribution in [1.82, 2.24) is 5.32 Å². The summed E-state index contributed by atoms with van der Waals surface area (Å²) in [6.45, 7) is 4.03. The van der Waals surface area contributed by atoms with Crippen LogP contribution in [0, 0.1) is 12.3 Å². The van der Waals surface area contributed by atoms with E-state index in [1.807, 2.05) is 0 Å². The molecule has 0 rings (SSSR count). The second kappa shape index (κ2) is 5.99. The molecule has 0 fully saturated rings. The van der Waals surface area contributed by atoms with Crippen molar-refractivity contribution in [3.8, 4) is 12.3 Å². The van der Waals surface area contributed by atoms with Crippen LogP contribution in [0.15, 0.2) is 11.1 Å². The Morgan fingerprint density at radius 3 is 2.82 bits per heavy atom. The van der Waals surface area contributed by atoms with Gasteiger partial charge in [-0.3, -0.25) is 4.79 Å². The van der Waals surface area contributed by atoms with Crippen molar-refractivity contribution in [1.29, 1.82) is 0 Å². The second-order valence-corrected chi connectivity index (χ2v) is 3.12. The highest BCUT2D eigenvalue weighted by molar-refractivity contribution is 9.11. The molecule has 0 bridgehead atoms. The van der Waals surface area contributed by atoms with Crippen LogP contribution in [0.25, 0.3) is 0 Å². The SMILES string of the molecule is C#CCCC(=O)NCC(=C)Br. The van der Waals surface area contributed by atoms with Crippen LogP contribution in [-0.2, 0) is 4.79 Å². The van der Waals surface area contributed by atoms with Gasteiger partial charge in [-0.25, -0.2) is 0 Å². The fraction of sp³-hybridized carbons (Fsp3) is 0.375.